The van der Waals surface area contributed by atoms with E-state index in [9.17, 15) is 0 Å². The summed E-state index contributed by atoms with van der Waals surface area (Å²) in [5.41, 5.74) is 12.5. The van der Waals surface area contributed by atoms with Gasteiger partial charge >= 0.3 is 0 Å². The van der Waals surface area contributed by atoms with Gasteiger partial charge in [0.05, 0.1) is 5.41 Å². The first-order valence-electron chi connectivity index (χ1n) is 16.6. The van der Waals surface area contributed by atoms with E-state index in [0.717, 1.165) is 0 Å². The predicted octanol–water partition coefficient (Wildman–Crippen LogP) is 10.5. The Hall–Kier alpha value is -5.55. The zero-order valence-corrected chi connectivity index (χ0v) is 27.4. The lowest BCUT2D eigenvalue weighted by Crippen LogP contribution is -2.44. The van der Waals surface area contributed by atoms with E-state index >= 15 is 0 Å². The van der Waals surface area contributed by atoms with Crippen LogP contribution in [-0.4, -0.2) is 0 Å². The van der Waals surface area contributed by atoms with Crippen LogP contribution in [0.5, 0.6) is 0 Å². The molecule has 0 saturated carbocycles. The van der Waals surface area contributed by atoms with E-state index in [4.69, 9.17) is 0 Å². The summed E-state index contributed by atoms with van der Waals surface area (Å²) in [6.07, 6.45) is 9.01. The fraction of sp³-hybridized carbons (Fsp3) is 0.0213. The number of hydrogen-bond donors (Lipinski definition) is 0. The number of hydrogen-bond acceptors (Lipinski definition) is 0. The Bertz CT molecular complexity index is 2180. The summed E-state index contributed by atoms with van der Waals surface area (Å²) in [4.78, 5) is 0. The molecule has 2 aliphatic rings. The third-order valence-electron chi connectivity index (χ3n) is 9.83. The lowest BCUT2D eigenvalue weighted by molar-refractivity contribution is 0.776. The molecule has 7 aromatic carbocycles. The zero-order valence-electron chi connectivity index (χ0n) is 26.5. The van der Waals surface area contributed by atoms with Gasteiger partial charge in [0, 0.05) is 0 Å². The molecule has 0 bridgehead atoms. The van der Waals surface area contributed by atoms with Gasteiger partial charge in [-0.3, -0.25) is 0 Å². The van der Waals surface area contributed by atoms with Crippen LogP contribution >= 0.6 is 7.92 Å². The zero-order chi connectivity index (χ0) is 31.9. The highest BCUT2D eigenvalue weighted by molar-refractivity contribution is 7.80. The molecule has 7 aromatic rings. The average molecular weight is 629 g/mol. The Morgan fingerprint density at radius 2 is 0.729 bits per heavy atom. The van der Waals surface area contributed by atoms with Crippen molar-refractivity contribution in [3.05, 3.63) is 220 Å². The van der Waals surface area contributed by atoms with Gasteiger partial charge in [-0.1, -0.05) is 188 Å². The minimum absolute atomic E-state index is 0.446. The smallest absolute Gasteiger partial charge is 0.0622 e. The van der Waals surface area contributed by atoms with Crippen LogP contribution in [0.25, 0.3) is 35.4 Å². The third kappa shape index (κ3) is 4.64. The quantitative estimate of drug-likeness (QED) is 0.131. The second kappa shape index (κ2) is 11.9. The molecule has 0 amide bonds. The second-order valence-electron chi connectivity index (χ2n) is 12.6. The summed E-state index contributed by atoms with van der Waals surface area (Å²) in [5, 5.41) is 4.24. The van der Waals surface area contributed by atoms with Crippen molar-refractivity contribution in [2.75, 3.05) is 0 Å². The molecule has 1 aliphatic heterocycles. The van der Waals surface area contributed by atoms with Crippen LogP contribution in [-0.2, 0) is 5.41 Å². The van der Waals surface area contributed by atoms with Gasteiger partial charge in [-0.25, -0.2) is 0 Å². The average Bonchev–Trinajstić information content (AvgIpc) is 3.45. The number of fused-ring (bicyclic) bond motifs is 9. The molecule has 0 aromatic heterocycles. The van der Waals surface area contributed by atoms with Gasteiger partial charge in [0.2, 0.25) is 0 Å². The lowest BCUT2D eigenvalue weighted by Gasteiger charge is -2.43. The van der Waals surface area contributed by atoms with E-state index in [2.05, 4.69) is 200 Å². The fourth-order valence-corrected chi connectivity index (χ4v) is 10.4. The molecule has 0 N–H and O–H groups in total. The largest absolute Gasteiger partial charge is 0.0726 e. The molecule has 0 fully saturated rings. The third-order valence-corrected chi connectivity index (χ3v) is 12.4. The van der Waals surface area contributed by atoms with Crippen molar-refractivity contribution in [2.45, 2.75) is 5.41 Å². The summed E-state index contributed by atoms with van der Waals surface area (Å²) in [6.45, 7) is 0. The van der Waals surface area contributed by atoms with Crippen molar-refractivity contribution in [3.63, 3.8) is 0 Å². The van der Waals surface area contributed by atoms with Crippen LogP contribution < -0.4 is 15.9 Å². The Morgan fingerprint density at radius 3 is 1.21 bits per heavy atom. The van der Waals surface area contributed by atoms with E-state index < -0.39 is 13.3 Å². The summed E-state index contributed by atoms with van der Waals surface area (Å²) in [7, 11) is -0.798. The topological polar surface area (TPSA) is 0 Å². The Morgan fingerprint density at radius 1 is 0.333 bits per heavy atom. The first kappa shape index (κ1) is 28.7. The van der Waals surface area contributed by atoms with Gasteiger partial charge in [0.15, 0.2) is 0 Å². The summed E-state index contributed by atoms with van der Waals surface area (Å²) < 4.78 is 0. The highest BCUT2D eigenvalue weighted by Crippen LogP contribution is 2.60. The van der Waals surface area contributed by atoms with Crippen LogP contribution in [0.1, 0.15) is 44.5 Å². The molecule has 9 rings (SSSR count). The van der Waals surface area contributed by atoms with Gasteiger partial charge in [-0.2, -0.15) is 0 Å². The van der Waals surface area contributed by atoms with Crippen LogP contribution in [0.3, 0.4) is 0 Å². The molecule has 48 heavy (non-hydrogen) atoms. The molecule has 1 heteroatoms. The maximum absolute atomic E-state index is 2.49. The first-order chi connectivity index (χ1) is 23.8. The van der Waals surface area contributed by atoms with Gasteiger partial charge in [0.1, 0.15) is 0 Å². The van der Waals surface area contributed by atoms with Gasteiger partial charge in [-0.05, 0) is 91.6 Å². The predicted molar refractivity (Wildman–Crippen MR) is 207 cm³/mol. The van der Waals surface area contributed by atoms with Gasteiger partial charge in [0.25, 0.3) is 0 Å². The molecule has 1 aliphatic carbocycles. The van der Waals surface area contributed by atoms with E-state index in [1.807, 2.05) is 0 Å². The fourth-order valence-electron chi connectivity index (χ4n) is 7.76. The molecule has 1 spiro atoms. The monoisotopic (exact) mass is 628 g/mol. The van der Waals surface area contributed by atoms with Crippen LogP contribution in [0.15, 0.2) is 176 Å². The molecule has 1 heterocycles. The number of rotatable bonds is 5. The maximum atomic E-state index is 2.49. The van der Waals surface area contributed by atoms with Crippen LogP contribution in [0, 0.1) is 0 Å². The minimum atomic E-state index is -0.798. The van der Waals surface area contributed by atoms with Crippen molar-refractivity contribution >= 4 is 48.1 Å². The molecule has 0 saturated heterocycles. The Balaban J connectivity index is 1.35. The Kier molecular flexibility index (Phi) is 7.11. The molecule has 0 radical (unpaired) electrons. The molecule has 226 valence electrons. The van der Waals surface area contributed by atoms with Crippen molar-refractivity contribution < 1.29 is 0 Å². The molecular weight excluding hydrogens is 595 g/mol. The highest BCUT2D eigenvalue weighted by atomic mass is 31.1. The highest BCUT2D eigenvalue weighted by Gasteiger charge is 2.51. The van der Waals surface area contributed by atoms with E-state index in [1.54, 1.807) is 0 Å². The van der Waals surface area contributed by atoms with Crippen molar-refractivity contribution in [3.8, 4) is 11.1 Å². The Labute approximate surface area is 284 Å². The molecule has 0 atom stereocenters. The van der Waals surface area contributed by atoms with E-state index in [-0.39, 0.29) is 0 Å². The molecule has 0 unspecified atom stereocenters. The van der Waals surface area contributed by atoms with Crippen molar-refractivity contribution in [1.82, 2.24) is 0 Å². The van der Waals surface area contributed by atoms with E-state index in [1.165, 1.54) is 71.5 Å². The first-order valence-corrected chi connectivity index (χ1v) is 17.9. The molecule has 0 nitrogen and oxygen atoms in total. The molecular formula is C47H33P. The van der Waals surface area contributed by atoms with Crippen LogP contribution in [0.4, 0.5) is 0 Å². The summed E-state index contributed by atoms with van der Waals surface area (Å²) in [5.74, 6) is 0. The lowest BCUT2D eigenvalue weighted by atomic mass is 9.67. The van der Waals surface area contributed by atoms with Crippen LogP contribution in [0.2, 0.25) is 0 Å². The van der Waals surface area contributed by atoms with Crippen molar-refractivity contribution in [2.24, 2.45) is 0 Å². The SMILES string of the molecule is C(=C\c1ccc2c(c1)C1(c3ccccc3-c3ccccc31)c1cc(/C=C/c3ccccc3)ccc1P2c1ccccc1)/c1ccccc1. The normalized spacial score (nSPS) is 14.2. The number of benzene rings is 7. The van der Waals surface area contributed by atoms with Gasteiger partial charge in [-0.15, -0.1) is 0 Å². The van der Waals surface area contributed by atoms with E-state index in [0.29, 0.717) is 0 Å². The minimum Gasteiger partial charge on any atom is -0.0622 e. The summed E-state index contributed by atoms with van der Waals surface area (Å²) in [6, 6.07) is 65.0. The second-order valence-corrected chi connectivity index (χ2v) is 14.7. The van der Waals surface area contributed by atoms with Gasteiger partial charge < -0.3 is 0 Å². The summed E-state index contributed by atoms with van der Waals surface area (Å²) >= 11 is 0. The van der Waals surface area contributed by atoms with Crippen molar-refractivity contribution in [1.29, 1.82) is 0 Å². The standard InChI is InChI=1S/C47H33P/c1-4-14-34(15-5-1)24-26-36-28-30-45-43(32-36)47(41-22-12-10-20-39(41)40-21-11-13-23-42(40)47)44-33-37(27-25-35-16-6-2-7-17-35)29-31-46(44)48(45)38-18-8-3-9-19-38/h1-33H/b26-24+,27-25+. The maximum Gasteiger partial charge on any atom is 0.0726 e.